The zero-order chi connectivity index (χ0) is 10.6. The Balaban J connectivity index is 3.01. The third-order valence-corrected chi connectivity index (χ3v) is 1.50. The first-order chi connectivity index (χ1) is 6.69. The van der Waals surface area contributed by atoms with Gasteiger partial charge in [-0.2, -0.15) is 10.5 Å². The Kier molecular flexibility index (Phi) is 3.16. The van der Waals surface area contributed by atoms with E-state index < -0.39 is 11.9 Å². The molecule has 0 aliphatic heterocycles. The van der Waals surface area contributed by atoms with E-state index in [0.29, 0.717) is 0 Å². The maximum absolute atomic E-state index is 10.8. The summed E-state index contributed by atoms with van der Waals surface area (Å²) in [5.74, 6) is -2.00. The molecule has 0 amide bonds. The van der Waals surface area contributed by atoms with Gasteiger partial charge in [0, 0.05) is 0 Å². The highest BCUT2D eigenvalue weighted by Gasteiger charge is 2.11. The molecule has 1 aromatic rings. The highest BCUT2D eigenvalue weighted by Crippen LogP contribution is 2.07. The molecule has 0 saturated carbocycles. The summed E-state index contributed by atoms with van der Waals surface area (Å²) < 4.78 is 0. The standard InChI is InChI=1S/C8H6O6/c9-7(13-11)5-2-1-3-6(4-5)8(10)14-12/h1-4,11-12H. The first-order valence-electron chi connectivity index (χ1n) is 3.50. The van der Waals surface area contributed by atoms with Crippen molar-refractivity contribution in [2.75, 3.05) is 0 Å². The Labute approximate surface area is 78.2 Å². The fourth-order valence-electron chi connectivity index (χ4n) is 0.879. The zero-order valence-corrected chi connectivity index (χ0v) is 6.84. The van der Waals surface area contributed by atoms with Crippen LogP contribution in [0.4, 0.5) is 0 Å². The Morgan fingerprint density at radius 3 is 1.79 bits per heavy atom. The number of hydrogen-bond acceptors (Lipinski definition) is 6. The average molecular weight is 198 g/mol. The van der Waals surface area contributed by atoms with E-state index in [9.17, 15) is 9.59 Å². The molecule has 0 atom stereocenters. The summed E-state index contributed by atoms with van der Waals surface area (Å²) >= 11 is 0. The van der Waals surface area contributed by atoms with E-state index in [2.05, 4.69) is 9.78 Å². The van der Waals surface area contributed by atoms with Crippen molar-refractivity contribution in [1.82, 2.24) is 0 Å². The summed E-state index contributed by atoms with van der Waals surface area (Å²) in [7, 11) is 0. The van der Waals surface area contributed by atoms with Crippen LogP contribution in [0.2, 0.25) is 0 Å². The molecule has 0 unspecified atom stereocenters. The molecule has 0 spiro atoms. The summed E-state index contributed by atoms with van der Waals surface area (Å²) in [6.45, 7) is 0. The third kappa shape index (κ3) is 2.06. The zero-order valence-electron chi connectivity index (χ0n) is 6.84. The minimum atomic E-state index is -1.00. The Morgan fingerprint density at radius 1 is 1.00 bits per heavy atom. The number of rotatable bonds is 2. The topological polar surface area (TPSA) is 93.1 Å². The van der Waals surface area contributed by atoms with Crippen LogP contribution in [0, 0.1) is 0 Å². The molecule has 2 N–H and O–H groups in total. The van der Waals surface area contributed by atoms with E-state index in [1.807, 2.05) is 0 Å². The van der Waals surface area contributed by atoms with Gasteiger partial charge in [0.25, 0.3) is 0 Å². The van der Waals surface area contributed by atoms with Gasteiger partial charge in [-0.25, -0.2) is 9.59 Å². The van der Waals surface area contributed by atoms with Gasteiger partial charge in [0.05, 0.1) is 11.1 Å². The van der Waals surface area contributed by atoms with Crippen LogP contribution < -0.4 is 0 Å². The van der Waals surface area contributed by atoms with Crippen LogP contribution in [-0.2, 0) is 9.78 Å². The molecule has 0 saturated heterocycles. The lowest BCUT2D eigenvalue weighted by molar-refractivity contribution is -0.183. The molecule has 0 heterocycles. The van der Waals surface area contributed by atoms with Gasteiger partial charge in [0.1, 0.15) is 0 Å². The van der Waals surface area contributed by atoms with Gasteiger partial charge >= 0.3 is 11.9 Å². The summed E-state index contributed by atoms with van der Waals surface area (Å²) in [4.78, 5) is 28.5. The van der Waals surface area contributed by atoms with E-state index in [-0.39, 0.29) is 11.1 Å². The van der Waals surface area contributed by atoms with Crippen molar-refractivity contribution >= 4 is 11.9 Å². The lowest BCUT2D eigenvalue weighted by Gasteiger charge is -1.99. The van der Waals surface area contributed by atoms with Gasteiger partial charge in [-0.05, 0) is 18.2 Å². The second kappa shape index (κ2) is 4.35. The van der Waals surface area contributed by atoms with E-state index in [1.54, 1.807) is 0 Å². The van der Waals surface area contributed by atoms with Gasteiger partial charge in [0.2, 0.25) is 0 Å². The normalized spacial score (nSPS) is 9.29. The van der Waals surface area contributed by atoms with Crippen LogP contribution in [0.1, 0.15) is 20.7 Å². The summed E-state index contributed by atoms with van der Waals surface area (Å²) in [5.41, 5.74) is -0.0641. The molecule has 1 aromatic carbocycles. The van der Waals surface area contributed by atoms with Gasteiger partial charge in [-0.1, -0.05) is 6.07 Å². The molecule has 0 fully saturated rings. The second-order valence-electron chi connectivity index (χ2n) is 2.34. The quantitative estimate of drug-likeness (QED) is 0.542. The van der Waals surface area contributed by atoms with Gasteiger partial charge in [-0.3, -0.25) is 9.78 Å². The second-order valence-corrected chi connectivity index (χ2v) is 2.34. The largest absolute Gasteiger partial charge is 0.372 e. The lowest BCUT2D eigenvalue weighted by Crippen LogP contribution is -2.06. The Hall–Kier alpha value is -1.92. The van der Waals surface area contributed by atoms with Crippen LogP contribution >= 0.6 is 0 Å². The van der Waals surface area contributed by atoms with Crippen molar-refractivity contribution in [3.8, 4) is 0 Å². The molecule has 6 heteroatoms. The van der Waals surface area contributed by atoms with E-state index >= 15 is 0 Å². The number of benzene rings is 1. The molecule has 14 heavy (non-hydrogen) atoms. The predicted molar refractivity (Wildman–Crippen MR) is 42.5 cm³/mol. The Bertz CT molecular complexity index is 327. The molecule has 74 valence electrons. The molecular formula is C8H6O6. The molecule has 6 nitrogen and oxygen atoms in total. The van der Waals surface area contributed by atoms with Gasteiger partial charge in [0.15, 0.2) is 0 Å². The highest BCUT2D eigenvalue weighted by molar-refractivity contribution is 5.94. The summed E-state index contributed by atoms with van der Waals surface area (Å²) in [6, 6.07) is 5.13. The molecule has 0 aliphatic carbocycles. The predicted octanol–water partition coefficient (Wildman–Crippen LogP) is 0.946. The van der Waals surface area contributed by atoms with Gasteiger partial charge < -0.3 is 0 Å². The van der Waals surface area contributed by atoms with Crippen LogP contribution in [0.15, 0.2) is 24.3 Å². The molecular weight excluding hydrogens is 192 g/mol. The highest BCUT2D eigenvalue weighted by atomic mass is 17.1. The maximum atomic E-state index is 10.8. The van der Waals surface area contributed by atoms with E-state index in [0.717, 1.165) is 6.07 Å². The van der Waals surface area contributed by atoms with Crippen molar-refractivity contribution in [2.24, 2.45) is 0 Å². The minimum Gasteiger partial charge on any atom is -0.296 e. The van der Waals surface area contributed by atoms with E-state index in [1.165, 1.54) is 18.2 Å². The number of carbonyl (C=O) groups excluding carboxylic acids is 2. The monoisotopic (exact) mass is 198 g/mol. The third-order valence-electron chi connectivity index (χ3n) is 1.50. The van der Waals surface area contributed by atoms with Crippen LogP contribution in [0.3, 0.4) is 0 Å². The van der Waals surface area contributed by atoms with Crippen molar-refractivity contribution in [2.45, 2.75) is 0 Å². The summed E-state index contributed by atoms with van der Waals surface area (Å²) in [6.07, 6.45) is 0. The fraction of sp³-hybridized carbons (Fsp3) is 0. The first-order valence-corrected chi connectivity index (χ1v) is 3.50. The molecule has 0 aliphatic rings. The van der Waals surface area contributed by atoms with Crippen molar-refractivity contribution in [3.63, 3.8) is 0 Å². The Morgan fingerprint density at radius 2 is 1.43 bits per heavy atom. The van der Waals surface area contributed by atoms with Crippen molar-refractivity contribution in [3.05, 3.63) is 35.4 Å². The number of carbonyl (C=O) groups is 2. The minimum absolute atomic E-state index is 0.0320. The molecule has 0 radical (unpaired) electrons. The average Bonchev–Trinajstić information content (AvgIpc) is 2.27. The van der Waals surface area contributed by atoms with Crippen molar-refractivity contribution < 1.29 is 29.9 Å². The van der Waals surface area contributed by atoms with Crippen LogP contribution in [-0.4, -0.2) is 22.5 Å². The molecule has 0 bridgehead atoms. The molecule has 1 rings (SSSR count). The maximum Gasteiger partial charge on any atom is 0.372 e. The molecule has 0 aromatic heterocycles. The number of hydrogen-bond donors (Lipinski definition) is 2. The van der Waals surface area contributed by atoms with Crippen LogP contribution in [0.25, 0.3) is 0 Å². The van der Waals surface area contributed by atoms with Crippen LogP contribution in [0.5, 0.6) is 0 Å². The SMILES string of the molecule is O=C(OO)c1cccc(C(=O)OO)c1. The first kappa shape index (κ1) is 10.2. The summed E-state index contributed by atoms with van der Waals surface area (Å²) in [5, 5.41) is 16.1. The van der Waals surface area contributed by atoms with Crippen molar-refractivity contribution in [1.29, 1.82) is 0 Å². The smallest absolute Gasteiger partial charge is 0.296 e. The van der Waals surface area contributed by atoms with Gasteiger partial charge in [-0.15, -0.1) is 0 Å². The van der Waals surface area contributed by atoms with E-state index in [4.69, 9.17) is 10.5 Å². The lowest BCUT2D eigenvalue weighted by atomic mass is 10.1. The fourth-order valence-corrected chi connectivity index (χ4v) is 0.879.